The summed E-state index contributed by atoms with van der Waals surface area (Å²) in [5, 5.41) is 5.68. The molecule has 0 aromatic heterocycles. The molecule has 1 aromatic carbocycles. The van der Waals surface area contributed by atoms with Crippen molar-refractivity contribution in [2.24, 2.45) is 5.73 Å². The minimum atomic E-state index is -0.153. The Morgan fingerprint density at radius 3 is 2.53 bits per heavy atom. The van der Waals surface area contributed by atoms with Crippen LogP contribution in [0.5, 0.6) is 0 Å². The molecule has 0 radical (unpaired) electrons. The summed E-state index contributed by atoms with van der Waals surface area (Å²) in [6, 6.07) is 7.41. The van der Waals surface area contributed by atoms with Crippen LogP contribution < -0.4 is 16.4 Å². The van der Waals surface area contributed by atoms with Crippen LogP contribution in [0.15, 0.2) is 24.3 Å². The molecule has 0 saturated carbocycles. The molecule has 1 aliphatic rings. The van der Waals surface area contributed by atoms with E-state index in [-0.39, 0.29) is 6.03 Å². The second kappa shape index (κ2) is 7.11. The van der Waals surface area contributed by atoms with Crippen LogP contribution in [-0.4, -0.2) is 37.1 Å². The number of nitrogens with zero attached hydrogens (tertiary/aromatic N) is 1. The summed E-state index contributed by atoms with van der Waals surface area (Å²) in [6.07, 6.45) is 2.55. The molecular weight excluding hydrogens is 240 g/mol. The molecular formula is C14H22N4O. The molecule has 1 heterocycles. The Kier molecular flexibility index (Phi) is 5.18. The number of nitrogens with one attached hydrogen (secondary N) is 2. The van der Waals surface area contributed by atoms with Crippen LogP contribution in [0, 0.1) is 0 Å². The van der Waals surface area contributed by atoms with Crippen molar-refractivity contribution >= 4 is 11.7 Å². The molecule has 1 aromatic rings. The molecule has 0 aliphatic carbocycles. The zero-order chi connectivity index (χ0) is 13.5. The number of nitrogens with two attached hydrogens (primary N) is 1. The second-order valence-corrected chi connectivity index (χ2v) is 4.83. The topological polar surface area (TPSA) is 70.4 Å². The fourth-order valence-electron chi connectivity index (χ4n) is 2.23. The highest BCUT2D eigenvalue weighted by atomic mass is 16.2. The quantitative estimate of drug-likeness (QED) is 0.750. The van der Waals surface area contributed by atoms with E-state index >= 15 is 0 Å². The molecule has 0 spiro atoms. The van der Waals surface area contributed by atoms with Crippen molar-refractivity contribution in [1.29, 1.82) is 0 Å². The van der Waals surface area contributed by atoms with Gasteiger partial charge in [-0.2, -0.15) is 0 Å². The van der Waals surface area contributed by atoms with Gasteiger partial charge in [0, 0.05) is 25.3 Å². The highest BCUT2D eigenvalue weighted by Crippen LogP contribution is 2.09. The van der Waals surface area contributed by atoms with Crippen LogP contribution in [0.1, 0.15) is 18.4 Å². The van der Waals surface area contributed by atoms with Gasteiger partial charge in [-0.3, -0.25) is 0 Å². The van der Waals surface area contributed by atoms with Gasteiger partial charge in [-0.05, 0) is 43.6 Å². The third-order valence-electron chi connectivity index (χ3n) is 3.36. The number of benzene rings is 1. The molecule has 19 heavy (non-hydrogen) atoms. The van der Waals surface area contributed by atoms with Gasteiger partial charge in [0.15, 0.2) is 0 Å². The predicted molar refractivity (Wildman–Crippen MR) is 77.0 cm³/mol. The molecule has 0 atom stereocenters. The smallest absolute Gasteiger partial charge is 0.319 e. The second-order valence-electron chi connectivity index (χ2n) is 4.83. The first kappa shape index (κ1) is 13.8. The number of carbonyl (C=O) groups is 1. The van der Waals surface area contributed by atoms with Gasteiger partial charge in [0.1, 0.15) is 0 Å². The summed E-state index contributed by atoms with van der Waals surface area (Å²) in [5.74, 6) is 0. The third kappa shape index (κ3) is 4.54. The first-order valence-corrected chi connectivity index (χ1v) is 6.84. The number of likely N-dealkylation sites (tertiary alicyclic amines) is 1. The van der Waals surface area contributed by atoms with Gasteiger partial charge in [0.05, 0.1) is 0 Å². The van der Waals surface area contributed by atoms with Crippen LogP contribution in [0.2, 0.25) is 0 Å². The van der Waals surface area contributed by atoms with Crippen LogP contribution >= 0.6 is 0 Å². The van der Waals surface area contributed by atoms with Crippen molar-refractivity contribution in [3.8, 4) is 0 Å². The van der Waals surface area contributed by atoms with Gasteiger partial charge in [-0.1, -0.05) is 12.1 Å². The standard InChI is InChI=1S/C14H22N4O/c15-11-12-3-5-13(6-4-12)17-14(19)16-7-10-18-8-1-2-9-18/h3-6H,1-2,7-11,15H2,(H2,16,17,19). The molecule has 0 unspecified atom stereocenters. The Hall–Kier alpha value is -1.59. The van der Waals surface area contributed by atoms with Crippen molar-refractivity contribution in [3.05, 3.63) is 29.8 Å². The van der Waals surface area contributed by atoms with E-state index in [1.54, 1.807) is 0 Å². The molecule has 1 aliphatic heterocycles. The Morgan fingerprint density at radius 2 is 1.89 bits per heavy atom. The van der Waals surface area contributed by atoms with Crippen molar-refractivity contribution in [1.82, 2.24) is 10.2 Å². The molecule has 4 N–H and O–H groups in total. The lowest BCUT2D eigenvalue weighted by Gasteiger charge is -2.15. The van der Waals surface area contributed by atoms with E-state index in [1.165, 1.54) is 12.8 Å². The molecule has 0 bridgehead atoms. The number of urea groups is 1. The van der Waals surface area contributed by atoms with Crippen LogP contribution in [-0.2, 0) is 6.54 Å². The first-order valence-electron chi connectivity index (χ1n) is 6.84. The molecule has 2 rings (SSSR count). The summed E-state index contributed by atoms with van der Waals surface area (Å²) < 4.78 is 0. The molecule has 1 fully saturated rings. The van der Waals surface area contributed by atoms with Gasteiger partial charge in [0.2, 0.25) is 0 Å². The molecule has 5 heteroatoms. The zero-order valence-electron chi connectivity index (χ0n) is 11.2. The third-order valence-corrected chi connectivity index (χ3v) is 3.36. The maximum Gasteiger partial charge on any atom is 0.319 e. The molecule has 1 saturated heterocycles. The zero-order valence-corrected chi connectivity index (χ0v) is 11.2. The minimum Gasteiger partial charge on any atom is -0.337 e. The van der Waals surface area contributed by atoms with Crippen molar-refractivity contribution in [3.63, 3.8) is 0 Å². The SMILES string of the molecule is NCc1ccc(NC(=O)NCCN2CCCC2)cc1. The Bertz CT molecular complexity index is 398. The molecule has 2 amide bonds. The first-order chi connectivity index (χ1) is 9.28. The van der Waals surface area contributed by atoms with Crippen molar-refractivity contribution < 1.29 is 4.79 Å². The van der Waals surface area contributed by atoms with Crippen LogP contribution in [0.25, 0.3) is 0 Å². The molecule has 104 valence electrons. The van der Waals surface area contributed by atoms with Crippen molar-refractivity contribution in [2.75, 3.05) is 31.5 Å². The van der Waals surface area contributed by atoms with Crippen LogP contribution in [0.4, 0.5) is 10.5 Å². The number of hydrogen-bond donors (Lipinski definition) is 3. The summed E-state index contributed by atoms with van der Waals surface area (Å²) >= 11 is 0. The van der Waals surface area contributed by atoms with Crippen LogP contribution in [0.3, 0.4) is 0 Å². The van der Waals surface area contributed by atoms with Gasteiger partial charge in [-0.15, -0.1) is 0 Å². The van der Waals surface area contributed by atoms with E-state index in [2.05, 4.69) is 15.5 Å². The van der Waals surface area contributed by atoms with E-state index < -0.39 is 0 Å². The number of hydrogen-bond acceptors (Lipinski definition) is 3. The number of rotatable bonds is 5. The van der Waals surface area contributed by atoms with Gasteiger partial charge < -0.3 is 21.3 Å². The van der Waals surface area contributed by atoms with Gasteiger partial charge in [-0.25, -0.2) is 4.79 Å². The van der Waals surface area contributed by atoms with E-state index in [0.29, 0.717) is 13.1 Å². The monoisotopic (exact) mass is 262 g/mol. The van der Waals surface area contributed by atoms with Gasteiger partial charge >= 0.3 is 6.03 Å². The normalized spacial score (nSPS) is 15.4. The van der Waals surface area contributed by atoms with E-state index in [9.17, 15) is 4.79 Å². The average molecular weight is 262 g/mol. The highest BCUT2D eigenvalue weighted by Gasteiger charge is 2.10. The van der Waals surface area contributed by atoms with Crippen molar-refractivity contribution in [2.45, 2.75) is 19.4 Å². The number of anilines is 1. The Morgan fingerprint density at radius 1 is 1.21 bits per heavy atom. The molecule has 5 nitrogen and oxygen atoms in total. The lowest BCUT2D eigenvalue weighted by atomic mass is 10.2. The lowest BCUT2D eigenvalue weighted by molar-refractivity contribution is 0.249. The van der Waals surface area contributed by atoms with Gasteiger partial charge in [0.25, 0.3) is 0 Å². The summed E-state index contributed by atoms with van der Waals surface area (Å²) in [5.41, 5.74) is 7.37. The number of carbonyl (C=O) groups excluding carboxylic acids is 1. The highest BCUT2D eigenvalue weighted by molar-refractivity contribution is 5.89. The summed E-state index contributed by atoms with van der Waals surface area (Å²) in [7, 11) is 0. The fourth-order valence-corrected chi connectivity index (χ4v) is 2.23. The summed E-state index contributed by atoms with van der Waals surface area (Å²) in [6.45, 7) is 4.45. The minimum absolute atomic E-state index is 0.153. The maximum absolute atomic E-state index is 11.7. The predicted octanol–water partition coefficient (Wildman–Crippen LogP) is 1.36. The van der Waals surface area contributed by atoms with E-state index in [0.717, 1.165) is 30.9 Å². The number of amides is 2. The maximum atomic E-state index is 11.7. The Balaban J connectivity index is 1.68. The summed E-state index contributed by atoms with van der Waals surface area (Å²) in [4.78, 5) is 14.0. The average Bonchev–Trinajstić information content (AvgIpc) is 2.93. The van der Waals surface area contributed by atoms with E-state index in [1.807, 2.05) is 24.3 Å². The largest absolute Gasteiger partial charge is 0.337 e. The Labute approximate surface area is 114 Å². The lowest BCUT2D eigenvalue weighted by Crippen LogP contribution is -2.35. The fraction of sp³-hybridized carbons (Fsp3) is 0.500. The van der Waals surface area contributed by atoms with E-state index in [4.69, 9.17) is 5.73 Å².